The van der Waals surface area contributed by atoms with Crippen LogP contribution in [0.15, 0.2) is 42.7 Å². The van der Waals surface area contributed by atoms with Gasteiger partial charge >= 0.3 is 0 Å². The topological polar surface area (TPSA) is 50.5 Å². The Hall–Kier alpha value is -1.85. The number of aryl methyl sites for hydroxylation is 1. The molecule has 2 unspecified atom stereocenters. The van der Waals surface area contributed by atoms with E-state index in [9.17, 15) is 5.11 Å². The van der Waals surface area contributed by atoms with Crippen molar-refractivity contribution in [3.63, 3.8) is 0 Å². The SMILES string of the molecule is Cn1ccnc1C1CCN(CC(O)COc2ccccc2)C1. The Bertz CT molecular complexity index is 585. The molecule has 0 spiro atoms. The number of hydrogen-bond acceptors (Lipinski definition) is 4. The average Bonchev–Trinajstić information content (AvgIpc) is 3.15. The Morgan fingerprint density at radius 2 is 2.18 bits per heavy atom. The van der Waals surface area contributed by atoms with Crippen molar-refractivity contribution in [2.24, 2.45) is 7.05 Å². The minimum absolute atomic E-state index is 0.327. The molecule has 0 amide bonds. The van der Waals surface area contributed by atoms with Crippen molar-refractivity contribution in [3.8, 4) is 5.75 Å². The fourth-order valence-corrected chi connectivity index (χ4v) is 3.04. The van der Waals surface area contributed by atoms with Crippen molar-refractivity contribution < 1.29 is 9.84 Å². The van der Waals surface area contributed by atoms with E-state index in [-0.39, 0.29) is 0 Å². The maximum absolute atomic E-state index is 10.2. The van der Waals surface area contributed by atoms with Crippen molar-refractivity contribution in [2.75, 3.05) is 26.2 Å². The zero-order valence-corrected chi connectivity index (χ0v) is 12.9. The van der Waals surface area contributed by atoms with Gasteiger partial charge in [0, 0.05) is 38.4 Å². The molecule has 1 aliphatic rings. The third-order valence-corrected chi connectivity index (χ3v) is 4.15. The number of imidazole rings is 1. The zero-order valence-electron chi connectivity index (χ0n) is 12.9. The summed E-state index contributed by atoms with van der Waals surface area (Å²) in [6.07, 6.45) is 4.46. The number of nitrogens with zero attached hydrogens (tertiary/aromatic N) is 3. The summed E-state index contributed by atoms with van der Waals surface area (Å²) in [5.41, 5.74) is 0. The van der Waals surface area contributed by atoms with E-state index >= 15 is 0 Å². The molecular formula is C17H23N3O2. The number of likely N-dealkylation sites (tertiary alicyclic amines) is 1. The number of aliphatic hydroxyl groups excluding tert-OH is 1. The second-order valence-electron chi connectivity index (χ2n) is 5.92. The number of hydrogen-bond donors (Lipinski definition) is 1. The lowest BCUT2D eigenvalue weighted by molar-refractivity contribution is 0.0753. The molecule has 2 heterocycles. The first-order valence-electron chi connectivity index (χ1n) is 7.78. The van der Waals surface area contributed by atoms with Gasteiger partial charge in [0.25, 0.3) is 0 Å². The van der Waals surface area contributed by atoms with E-state index in [1.165, 1.54) is 0 Å². The van der Waals surface area contributed by atoms with Crippen molar-refractivity contribution in [2.45, 2.75) is 18.4 Å². The van der Waals surface area contributed by atoms with Crippen LogP contribution in [0.1, 0.15) is 18.2 Å². The van der Waals surface area contributed by atoms with Gasteiger partial charge in [0.05, 0.1) is 0 Å². The fraction of sp³-hybridized carbons (Fsp3) is 0.471. The van der Waals surface area contributed by atoms with Gasteiger partial charge in [0.1, 0.15) is 24.3 Å². The molecule has 0 radical (unpaired) electrons. The van der Waals surface area contributed by atoms with Crippen LogP contribution in [0.2, 0.25) is 0 Å². The Kier molecular flexibility index (Phi) is 4.75. The van der Waals surface area contributed by atoms with Crippen molar-refractivity contribution in [3.05, 3.63) is 48.5 Å². The second kappa shape index (κ2) is 6.94. The van der Waals surface area contributed by atoms with Gasteiger partial charge in [-0.05, 0) is 25.1 Å². The molecule has 2 aromatic rings. The monoisotopic (exact) mass is 301 g/mol. The van der Waals surface area contributed by atoms with Crippen LogP contribution in [0.4, 0.5) is 0 Å². The van der Waals surface area contributed by atoms with Crippen LogP contribution >= 0.6 is 0 Å². The van der Waals surface area contributed by atoms with Crippen LogP contribution in [0.5, 0.6) is 5.75 Å². The summed E-state index contributed by atoms with van der Waals surface area (Å²) >= 11 is 0. The van der Waals surface area contributed by atoms with Gasteiger partial charge in [-0.3, -0.25) is 4.90 Å². The molecule has 22 heavy (non-hydrogen) atoms. The van der Waals surface area contributed by atoms with Gasteiger partial charge in [0.15, 0.2) is 0 Å². The molecule has 5 nitrogen and oxygen atoms in total. The van der Waals surface area contributed by atoms with Crippen LogP contribution in [-0.2, 0) is 7.05 Å². The van der Waals surface area contributed by atoms with E-state index in [0.29, 0.717) is 19.1 Å². The Labute approximate surface area is 131 Å². The summed E-state index contributed by atoms with van der Waals surface area (Å²) in [6, 6.07) is 9.61. The maximum Gasteiger partial charge on any atom is 0.119 e. The van der Waals surface area contributed by atoms with E-state index in [2.05, 4.69) is 14.5 Å². The molecule has 3 rings (SSSR count). The third kappa shape index (κ3) is 3.67. The zero-order chi connectivity index (χ0) is 15.4. The van der Waals surface area contributed by atoms with Gasteiger partial charge in [-0.2, -0.15) is 0 Å². The van der Waals surface area contributed by atoms with Crippen LogP contribution in [0, 0.1) is 0 Å². The number of ether oxygens (including phenoxy) is 1. The number of aromatic nitrogens is 2. The van der Waals surface area contributed by atoms with Crippen LogP contribution in [0.3, 0.4) is 0 Å². The highest BCUT2D eigenvalue weighted by atomic mass is 16.5. The van der Waals surface area contributed by atoms with E-state index < -0.39 is 6.10 Å². The molecule has 0 bridgehead atoms. The molecule has 1 aliphatic heterocycles. The summed E-state index contributed by atoms with van der Waals surface area (Å²) in [4.78, 5) is 6.73. The molecule has 5 heteroatoms. The number of aliphatic hydroxyl groups is 1. The summed E-state index contributed by atoms with van der Waals surface area (Å²) in [5.74, 6) is 2.40. The first kappa shape index (κ1) is 15.1. The number of β-amino-alcohol motifs (C(OH)–C–C–N with tert-alkyl or cyclic N) is 1. The molecule has 0 aliphatic carbocycles. The first-order valence-corrected chi connectivity index (χ1v) is 7.78. The Morgan fingerprint density at radius 3 is 2.91 bits per heavy atom. The second-order valence-corrected chi connectivity index (χ2v) is 5.92. The highest BCUT2D eigenvalue weighted by Crippen LogP contribution is 2.25. The average molecular weight is 301 g/mol. The van der Waals surface area contributed by atoms with Crippen LogP contribution in [0.25, 0.3) is 0 Å². The molecule has 1 fully saturated rings. The van der Waals surface area contributed by atoms with E-state index in [0.717, 1.165) is 31.1 Å². The highest BCUT2D eigenvalue weighted by Gasteiger charge is 2.27. The smallest absolute Gasteiger partial charge is 0.119 e. The molecule has 118 valence electrons. The van der Waals surface area contributed by atoms with Crippen molar-refractivity contribution >= 4 is 0 Å². The molecule has 1 saturated heterocycles. The molecule has 1 aromatic heterocycles. The normalized spacial score (nSPS) is 20.2. The fourth-order valence-electron chi connectivity index (χ4n) is 3.04. The number of para-hydroxylation sites is 1. The van der Waals surface area contributed by atoms with Gasteiger partial charge in [-0.25, -0.2) is 4.98 Å². The van der Waals surface area contributed by atoms with Gasteiger partial charge in [-0.1, -0.05) is 18.2 Å². The largest absolute Gasteiger partial charge is 0.491 e. The maximum atomic E-state index is 10.2. The Morgan fingerprint density at radius 1 is 1.36 bits per heavy atom. The predicted molar refractivity (Wildman–Crippen MR) is 84.9 cm³/mol. The minimum Gasteiger partial charge on any atom is -0.491 e. The first-order chi connectivity index (χ1) is 10.7. The van der Waals surface area contributed by atoms with Crippen LogP contribution in [-0.4, -0.2) is 51.9 Å². The number of rotatable bonds is 6. The van der Waals surface area contributed by atoms with E-state index in [1.807, 2.05) is 49.8 Å². The summed E-state index contributed by atoms with van der Waals surface area (Å²) < 4.78 is 7.69. The third-order valence-electron chi connectivity index (χ3n) is 4.15. The van der Waals surface area contributed by atoms with Gasteiger partial charge in [-0.15, -0.1) is 0 Å². The summed E-state index contributed by atoms with van der Waals surface area (Å²) in [6.45, 7) is 2.93. The lowest BCUT2D eigenvalue weighted by atomic mass is 10.1. The van der Waals surface area contributed by atoms with Crippen molar-refractivity contribution in [1.29, 1.82) is 0 Å². The van der Waals surface area contributed by atoms with E-state index in [4.69, 9.17) is 4.74 Å². The quantitative estimate of drug-likeness (QED) is 0.881. The molecule has 2 atom stereocenters. The lowest BCUT2D eigenvalue weighted by Crippen LogP contribution is -2.34. The highest BCUT2D eigenvalue weighted by molar-refractivity contribution is 5.20. The summed E-state index contributed by atoms with van der Waals surface area (Å²) in [7, 11) is 2.04. The molecular weight excluding hydrogens is 278 g/mol. The van der Waals surface area contributed by atoms with Crippen LogP contribution < -0.4 is 4.74 Å². The molecule has 0 saturated carbocycles. The number of benzene rings is 1. The van der Waals surface area contributed by atoms with Gasteiger partial charge in [0.2, 0.25) is 0 Å². The standard InChI is InChI=1S/C17H23N3O2/c1-19-10-8-18-17(19)14-7-9-20(11-14)12-15(21)13-22-16-5-3-2-4-6-16/h2-6,8,10,14-15,21H,7,9,11-13H2,1H3. The summed E-state index contributed by atoms with van der Waals surface area (Å²) in [5, 5.41) is 10.2. The lowest BCUT2D eigenvalue weighted by Gasteiger charge is -2.20. The predicted octanol–water partition coefficient (Wildman–Crippen LogP) is 1.65. The Balaban J connectivity index is 1.45. The van der Waals surface area contributed by atoms with Gasteiger partial charge < -0.3 is 14.4 Å². The minimum atomic E-state index is -0.472. The molecule has 1 N–H and O–H groups in total. The molecule has 1 aromatic carbocycles. The van der Waals surface area contributed by atoms with Crippen molar-refractivity contribution in [1.82, 2.24) is 14.5 Å². The van der Waals surface area contributed by atoms with E-state index in [1.54, 1.807) is 0 Å².